The maximum absolute atomic E-state index is 13.7. The largest absolute Gasteiger partial charge is 0.294 e. The molecule has 3 aromatic rings. The van der Waals surface area contributed by atoms with Crippen LogP contribution in [0.2, 0.25) is 5.02 Å². The average Bonchev–Trinajstić information content (AvgIpc) is 3.27. The van der Waals surface area contributed by atoms with E-state index in [2.05, 4.69) is 47.8 Å². The highest BCUT2D eigenvalue weighted by Crippen LogP contribution is 2.66. The number of hydrogen-bond acceptors (Lipinski definition) is 2. The molecule has 2 unspecified atom stereocenters. The van der Waals surface area contributed by atoms with Gasteiger partial charge in [-0.05, 0) is 108 Å². The van der Waals surface area contributed by atoms with E-state index >= 15 is 0 Å². The lowest BCUT2D eigenvalue weighted by atomic mass is 9.42. The van der Waals surface area contributed by atoms with Crippen molar-refractivity contribution in [3.05, 3.63) is 87.6 Å². The Labute approximate surface area is 199 Å². The summed E-state index contributed by atoms with van der Waals surface area (Å²) in [7, 11) is 0. The molecule has 4 fully saturated rings. The topological polar surface area (TPSA) is 17.1 Å². The first-order valence-corrected chi connectivity index (χ1v) is 12.9. The lowest BCUT2D eigenvalue weighted by Gasteiger charge is -2.61. The van der Waals surface area contributed by atoms with E-state index in [9.17, 15) is 4.79 Å². The van der Waals surface area contributed by atoms with Crippen molar-refractivity contribution in [1.82, 2.24) is 0 Å². The maximum atomic E-state index is 13.7. The fraction of sp³-hybridized carbons (Fsp3) is 0.345. The summed E-state index contributed by atoms with van der Waals surface area (Å²) in [6.45, 7) is 0. The lowest BCUT2D eigenvalue weighted by molar-refractivity contribution is -0.141. The molecule has 0 radical (unpaired) electrons. The molecule has 32 heavy (non-hydrogen) atoms. The molecule has 4 saturated carbocycles. The number of benzene rings is 2. The molecule has 7 rings (SSSR count). The molecule has 4 bridgehead atoms. The van der Waals surface area contributed by atoms with Gasteiger partial charge in [-0.3, -0.25) is 4.79 Å². The first-order chi connectivity index (χ1) is 15.5. The van der Waals surface area contributed by atoms with Crippen LogP contribution in [-0.4, -0.2) is 5.78 Å². The van der Waals surface area contributed by atoms with Crippen LogP contribution >= 0.6 is 22.9 Å². The Hall–Kier alpha value is -2.16. The summed E-state index contributed by atoms with van der Waals surface area (Å²) in [5.41, 5.74) is 3.81. The summed E-state index contributed by atoms with van der Waals surface area (Å²) >= 11 is 7.88. The Morgan fingerprint density at radius 3 is 2.38 bits per heavy atom. The summed E-state index contributed by atoms with van der Waals surface area (Å²) in [5, 5.41) is 2.97. The smallest absolute Gasteiger partial charge is 0.161 e. The minimum Gasteiger partial charge on any atom is -0.294 e. The molecule has 1 aromatic heterocycles. The van der Waals surface area contributed by atoms with Gasteiger partial charge in [0.2, 0.25) is 0 Å². The Balaban J connectivity index is 1.26. The van der Waals surface area contributed by atoms with Crippen LogP contribution < -0.4 is 0 Å². The van der Waals surface area contributed by atoms with Gasteiger partial charge >= 0.3 is 0 Å². The van der Waals surface area contributed by atoms with E-state index < -0.39 is 0 Å². The molecule has 3 heteroatoms. The standard InChI is InChI=1S/C29H27ClOS/c30-25-8-6-24(7-9-25)28-14-20-12-21(15-28)17-29(16-20,19-28)27(31)11-10-26-13-23(18-32-26)22-4-2-1-3-5-22/h1-11,13,18,20-21H,12,14-17,19H2. The number of carbonyl (C=O) groups is 1. The summed E-state index contributed by atoms with van der Waals surface area (Å²) in [6, 6.07) is 21.1. The van der Waals surface area contributed by atoms with Gasteiger partial charge in [-0.2, -0.15) is 0 Å². The predicted molar refractivity (Wildman–Crippen MR) is 134 cm³/mol. The third-order valence-corrected chi connectivity index (χ3v) is 9.32. The van der Waals surface area contributed by atoms with Crippen molar-refractivity contribution in [2.24, 2.45) is 17.3 Å². The molecule has 0 amide bonds. The first kappa shape index (κ1) is 20.4. The second-order valence-electron chi connectivity index (χ2n) is 10.3. The third-order valence-electron chi connectivity index (χ3n) is 8.17. The zero-order valence-corrected chi connectivity index (χ0v) is 19.7. The number of carbonyl (C=O) groups excluding carboxylic acids is 1. The first-order valence-electron chi connectivity index (χ1n) is 11.7. The van der Waals surface area contributed by atoms with Gasteiger partial charge < -0.3 is 0 Å². The van der Waals surface area contributed by atoms with E-state index in [1.54, 1.807) is 11.3 Å². The second-order valence-corrected chi connectivity index (χ2v) is 11.7. The van der Waals surface area contributed by atoms with Gasteiger partial charge in [0, 0.05) is 15.3 Å². The van der Waals surface area contributed by atoms with Crippen LogP contribution in [0.25, 0.3) is 17.2 Å². The van der Waals surface area contributed by atoms with Gasteiger partial charge in [-0.1, -0.05) is 54.1 Å². The van der Waals surface area contributed by atoms with Crippen molar-refractivity contribution in [3.63, 3.8) is 0 Å². The molecular weight excluding hydrogens is 432 g/mol. The molecule has 0 spiro atoms. The molecular formula is C29H27ClOS. The van der Waals surface area contributed by atoms with Crippen LogP contribution in [-0.2, 0) is 10.2 Å². The van der Waals surface area contributed by atoms with Gasteiger partial charge in [0.25, 0.3) is 0 Å². The predicted octanol–water partition coefficient (Wildman–Crippen LogP) is 8.19. The highest BCUT2D eigenvalue weighted by Gasteiger charge is 2.60. The van der Waals surface area contributed by atoms with Crippen molar-refractivity contribution in [2.75, 3.05) is 0 Å². The zero-order chi connectivity index (χ0) is 21.8. The molecule has 4 aliphatic rings. The number of hydrogen-bond donors (Lipinski definition) is 0. The molecule has 2 atom stereocenters. The van der Waals surface area contributed by atoms with Crippen molar-refractivity contribution in [1.29, 1.82) is 0 Å². The van der Waals surface area contributed by atoms with Crippen LogP contribution in [0.4, 0.5) is 0 Å². The van der Waals surface area contributed by atoms with Crippen LogP contribution in [0, 0.1) is 17.3 Å². The lowest BCUT2D eigenvalue weighted by Crippen LogP contribution is -2.56. The highest BCUT2D eigenvalue weighted by molar-refractivity contribution is 7.11. The average molecular weight is 459 g/mol. The Bertz CT molecular complexity index is 1160. The minimum absolute atomic E-state index is 0.154. The van der Waals surface area contributed by atoms with Gasteiger partial charge in [-0.15, -0.1) is 11.3 Å². The molecule has 1 nitrogen and oxygen atoms in total. The van der Waals surface area contributed by atoms with Crippen molar-refractivity contribution in [2.45, 2.75) is 43.9 Å². The summed E-state index contributed by atoms with van der Waals surface area (Å²) < 4.78 is 0. The Morgan fingerprint density at radius 2 is 1.66 bits per heavy atom. The molecule has 2 aromatic carbocycles. The quantitative estimate of drug-likeness (QED) is 0.352. The SMILES string of the molecule is O=C(C=Cc1cc(-c2ccccc2)cs1)C12CC3CC(C1)CC(c1ccc(Cl)cc1)(C3)C2. The number of rotatable bonds is 5. The number of ketones is 1. The minimum atomic E-state index is -0.181. The van der Waals surface area contributed by atoms with Gasteiger partial charge in [0.15, 0.2) is 5.78 Å². The highest BCUT2D eigenvalue weighted by atomic mass is 35.5. The second kappa shape index (κ2) is 7.71. The molecule has 162 valence electrons. The molecule has 0 N–H and O–H groups in total. The number of thiophene rings is 1. The van der Waals surface area contributed by atoms with Crippen molar-refractivity contribution < 1.29 is 4.79 Å². The number of halogens is 1. The van der Waals surface area contributed by atoms with E-state index in [-0.39, 0.29) is 10.8 Å². The maximum Gasteiger partial charge on any atom is 0.161 e. The van der Waals surface area contributed by atoms with E-state index in [1.807, 2.05) is 30.4 Å². The molecule has 4 aliphatic carbocycles. The van der Waals surface area contributed by atoms with Crippen molar-refractivity contribution >= 4 is 34.8 Å². The summed E-state index contributed by atoms with van der Waals surface area (Å²) in [4.78, 5) is 14.8. The summed E-state index contributed by atoms with van der Waals surface area (Å²) in [5.74, 6) is 1.70. The van der Waals surface area contributed by atoms with Crippen molar-refractivity contribution in [3.8, 4) is 11.1 Å². The fourth-order valence-corrected chi connectivity index (χ4v) is 8.18. The van der Waals surface area contributed by atoms with Crippen LogP contribution in [0.1, 0.15) is 49.0 Å². The van der Waals surface area contributed by atoms with E-state index in [0.29, 0.717) is 17.6 Å². The zero-order valence-electron chi connectivity index (χ0n) is 18.1. The van der Waals surface area contributed by atoms with E-state index in [0.717, 1.165) is 29.2 Å². The number of allylic oxidation sites excluding steroid dienone is 1. The Kier molecular flexibility index (Phi) is 4.93. The monoisotopic (exact) mass is 458 g/mol. The normalized spacial score (nSPS) is 30.8. The van der Waals surface area contributed by atoms with E-state index in [4.69, 9.17) is 11.6 Å². The van der Waals surface area contributed by atoms with Gasteiger partial charge in [0.1, 0.15) is 0 Å². The molecule has 0 saturated heterocycles. The Morgan fingerprint density at radius 1 is 0.938 bits per heavy atom. The van der Waals surface area contributed by atoms with Crippen LogP contribution in [0.5, 0.6) is 0 Å². The van der Waals surface area contributed by atoms with Gasteiger partial charge in [0.05, 0.1) is 0 Å². The van der Waals surface area contributed by atoms with Crippen LogP contribution in [0.3, 0.4) is 0 Å². The molecule has 0 aliphatic heterocycles. The van der Waals surface area contributed by atoms with Crippen LogP contribution in [0.15, 0.2) is 72.1 Å². The third kappa shape index (κ3) is 3.49. The van der Waals surface area contributed by atoms with E-state index in [1.165, 1.54) is 36.0 Å². The summed E-state index contributed by atoms with van der Waals surface area (Å²) in [6.07, 6.45) is 10.8. The molecule has 1 heterocycles. The van der Waals surface area contributed by atoms with Gasteiger partial charge in [-0.25, -0.2) is 0 Å². The fourth-order valence-electron chi connectivity index (χ4n) is 7.25.